The second-order valence-electron chi connectivity index (χ2n) is 5.86. The molecule has 0 spiro atoms. The van der Waals surface area contributed by atoms with Crippen LogP contribution in [0, 0.1) is 0 Å². The highest BCUT2D eigenvalue weighted by molar-refractivity contribution is 7.89. The molecule has 0 bridgehead atoms. The van der Waals surface area contributed by atoms with E-state index in [0.29, 0.717) is 5.82 Å². The monoisotopic (exact) mass is 436 g/mol. The van der Waals surface area contributed by atoms with Gasteiger partial charge >= 0.3 is 0 Å². The normalized spacial score (nSPS) is 11.6. The van der Waals surface area contributed by atoms with E-state index in [2.05, 4.69) is 15.5 Å². The molecule has 3 aromatic rings. The van der Waals surface area contributed by atoms with Crippen LogP contribution in [-0.4, -0.2) is 49.5 Å². The van der Waals surface area contributed by atoms with Crippen molar-refractivity contribution in [1.82, 2.24) is 19.8 Å². The number of ether oxygens (including phenoxy) is 1. The van der Waals surface area contributed by atoms with Crippen molar-refractivity contribution in [2.75, 3.05) is 20.7 Å². The van der Waals surface area contributed by atoms with E-state index in [-0.39, 0.29) is 35.2 Å². The minimum atomic E-state index is -3.91. The van der Waals surface area contributed by atoms with Crippen molar-refractivity contribution in [2.45, 2.75) is 18.4 Å². The molecule has 2 heterocycles. The lowest BCUT2D eigenvalue weighted by atomic mass is 10.2. The number of hydrogen-bond acceptors (Lipinski definition) is 8. The summed E-state index contributed by atoms with van der Waals surface area (Å²) in [5, 5.41) is 8.27. The van der Waals surface area contributed by atoms with Crippen molar-refractivity contribution in [1.29, 1.82) is 0 Å². The number of rotatable bonds is 8. The van der Waals surface area contributed by atoms with Crippen molar-refractivity contribution < 1.29 is 22.5 Å². The van der Waals surface area contributed by atoms with Crippen molar-refractivity contribution in [2.24, 2.45) is 0 Å². The van der Waals surface area contributed by atoms with Crippen LogP contribution in [-0.2, 0) is 16.6 Å². The molecule has 9 nitrogen and oxygen atoms in total. The molecular formula is C18H20N4O5S2. The Morgan fingerprint density at radius 1 is 1.34 bits per heavy atom. The molecule has 3 rings (SSSR count). The number of benzene rings is 1. The van der Waals surface area contributed by atoms with Crippen LogP contribution in [0.3, 0.4) is 0 Å². The fourth-order valence-electron chi connectivity index (χ4n) is 2.65. The molecule has 11 heteroatoms. The molecule has 1 aromatic carbocycles. The summed E-state index contributed by atoms with van der Waals surface area (Å²) in [7, 11) is -1.04. The van der Waals surface area contributed by atoms with Gasteiger partial charge in [0.15, 0.2) is 0 Å². The molecule has 0 aliphatic rings. The van der Waals surface area contributed by atoms with Gasteiger partial charge in [-0.05, 0) is 29.6 Å². The molecule has 29 heavy (non-hydrogen) atoms. The van der Waals surface area contributed by atoms with Gasteiger partial charge in [-0.2, -0.15) is 9.29 Å². The van der Waals surface area contributed by atoms with Gasteiger partial charge in [-0.3, -0.25) is 4.79 Å². The van der Waals surface area contributed by atoms with Crippen LogP contribution in [0.2, 0.25) is 0 Å². The maximum atomic E-state index is 13.1. The first-order chi connectivity index (χ1) is 13.9. The van der Waals surface area contributed by atoms with Crippen LogP contribution in [0.1, 0.15) is 23.2 Å². The Kier molecular flexibility index (Phi) is 6.30. The highest BCUT2D eigenvalue weighted by Gasteiger charge is 2.27. The van der Waals surface area contributed by atoms with Gasteiger partial charge in [-0.15, -0.1) is 11.3 Å². The van der Waals surface area contributed by atoms with Gasteiger partial charge in [0.1, 0.15) is 5.75 Å². The Labute approximate surface area is 172 Å². The van der Waals surface area contributed by atoms with Gasteiger partial charge in [-0.25, -0.2) is 8.42 Å². The second-order valence-corrected chi connectivity index (χ2v) is 8.75. The highest BCUT2D eigenvalue weighted by Crippen LogP contribution is 2.26. The summed E-state index contributed by atoms with van der Waals surface area (Å²) >= 11 is 1.46. The molecular weight excluding hydrogens is 416 g/mol. The molecule has 1 N–H and O–H groups in total. The van der Waals surface area contributed by atoms with Crippen molar-refractivity contribution >= 4 is 27.3 Å². The minimum absolute atomic E-state index is 0.0308. The Hall–Kier alpha value is -2.76. The Balaban J connectivity index is 1.90. The summed E-state index contributed by atoms with van der Waals surface area (Å²) in [6, 6.07) is 7.86. The number of sulfonamides is 1. The summed E-state index contributed by atoms with van der Waals surface area (Å²) in [6.45, 7) is 1.80. The Morgan fingerprint density at radius 2 is 2.14 bits per heavy atom. The first-order valence-electron chi connectivity index (χ1n) is 8.67. The fraction of sp³-hybridized carbons (Fsp3) is 0.278. The van der Waals surface area contributed by atoms with Gasteiger partial charge in [-0.1, -0.05) is 18.1 Å². The average Bonchev–Trinajstić information content (AvgIpc) is 3.42. The third-order valence-electron chi connectivity index (χ3n) is 4.15. The molecule has 0 aliphatic heterocycles. The number of thiophene rings is 1. The van der Waals surface area contributed by atoms with Crippen LogP contribution in [0.25, 0.3) is 10.7 Å². The fourth-order valence-corrected chi connectivity index (χ4v) is 4.73. The van der Waals surface area contributed by atoms with Crippen molar-refractivity contribution in [3.8, 4) is 16.5 Å². The first kappa shape index (κ1) is 21.0. The minimum Gasteiger partial charge on any atom is -0.496 e. The van der Waals surface area contributed by atoms with Crippen LogP contribution < -0.4 is 10.1 Å². The summed E-state index contributed by atoms with van der Waals surface area (Å²) in [6.07, 6.45) is 0. The predicted octanol–water partition coefficient (Wildman–Crippen LogP) is 2.38. The van der Waals surface area contributed by atoms with Crippen LogP contribution in [0.15, 0.2) is 45.1 Å². The van der Waals surface area contributed by atoms with E-state index in [1.807, 2.05) is 17.5 Å². The maximum absolute atomic E-state index is 13.1. The van der Waals surface area contributed by atoms with Gasteiger partial charge in [0.05, 0.1) is 29.0 Å². The molecule has 0 fully saturated rings. The van der Waals surface area contributed by atoms with E-state index in [4.69, 9.17) is 9.26 Å². The van der Waals surface area contributed by atoms with E-state index in [1.54, 1.807) is 6.92 Å². The van der Waals surface area contributed by atoms with Crippen molar-refractivity contribution in [3.63, 3.8) is 0 Å². The van der Waals surface area contributed by atoms with Gasteiger partial charge in [0.25, 0.3) is 5.91 Å². The number of hydrogen-bond donors (Lipinski definition) is 1. The van der Waals surface area contributed by atoms with Crippen molar-refractivity contribution in [3.05, 3.63) is 47.2 Å². The predicted molar refractivity (Wildman–Crippen MR) is 107 cm³/mol. The van der Waals surface area contributed by atoms with Gasteiger partial charge in [0, 0.05) is 13.6 Å². The van der Waals surface area contributed by atoms with E-state index < -0.39 is 15.9 Å². The zero-order chi connectivity index (χ0) is 21.0. The largest absolute Gasteiger partial charge is 0.496 e. The first-order valence-corrected chi connectivity index (χ1v) is 11.0. The number of carbonyl (C=O) groups is 1. The zero-order valence-corrected chi connectivity index (χ0v) is 17.7. The smallest absolute Gasteiger partial charge is 0.254 e. The number of amides is 1. The molecule has 0 aliphatic carbocycles. The molecule has 0 atom stereocenters. The average molecular weight is 437 g/mol. The zero-order valence-electron chi connectivity index (χ0n) is 16.1. The summed E-state index contributed by atoms with van der Waals surface area (Å²) < 4.78 is 37.8. The topological polar surface area (TPSA) is 115 Å². The van der Waals surface area contributed by atoms with Crippen LogP contribution >= 0.6 is 11.3 Å². The lowest BCUT2D eigenvalue weighted by molar-refractivity contribution is 0.0960. The maximum Gasteiger partial charge on any atom is 0.254 e. The number of nitrogens with zero attached hydrogens (tertiary/aromatic N) is 3. The lowest BCUT2D eigenvalue weighted by Crippen LogP contribution is -2.31. The molecule has 2 aromatic heterocycles. The molecule has 1 amide bonds. The number of carbonyl (C=O) groups excluding carboxylic acids is 1. The SMILES string of the molecule is CCN(Cc1nc(-c2cccs2)no1)S(=O)(=O)c1ccc(OC)c(C(=O)NC)c1. The quantitative estimate of drug-likeness (QED) is 0.576. The number of methoxy groups -OCH3 is 1. The van der Waals surface area contributed by atoms with E-state index in [1.165, 1.54) is 48.0 Å². The van der Waals surface area contributed by atoms with Crippen LogP contribution in [0.5, 0.6) is 5.75 Å². The molecule has 0 radical (unpaired) electrons. The summed E-state index contributed by atoms with van der Waals surface area (Å²) in [4.78, 5) is 17.2. The molecule has 0 saturated heterocycles. The summed E-state index contributed by atoms with van der Waals surface area (Å²) in [5.41, 5.74) is 0.130. The molecule has 0 unspecified atom stereocenters. The van der Waals surface area contributed by atoms with Gasteiger partial charge in [0.2, 0.25) is 21.7 Å². The Bertz CT molecular complexity index is 1090. The van der Waals surface area contributed by atoms with E-state index >= 15 is 0 Å². The van der Waals surface area contributed by atoms with E-state index in [9.17, 15) is 13.2 Å². The van der Waals surface area contributed by atoms with E-state index in [0.717, 1.165) is 4.88 Å². The third kappa shape index (κ3) is 4.31. The standard InChI is InChI=1S/C18H20N4O5S2/c1-4-22(11-16-20-17(21-27-16)15-6-5-9-28-15)29(24,25)12-7-8-14(26-3)13(10-12)18(23)19-2/h5-10H,4,11H2,1-3H3,(H,19,23). The summed E-state index contributed by atoms with van der Waals surface area (Å²) in [5.74, 6) is 0.428. The molecule has 0 saturated carbocycles. The number of aromatic nitrogens is 2. The molecule has 154 valence electrons. The number of nitrogens with one attached hydrogen (secondary N) is 1. The third-order valence-corrected chi connectivity index (χ3v) is 6.94. The highest BCUT2D eigenvalue weighted by atomic mass is 32.2. The lowest BCUT2D eigenvalue weighted by Gasteiger charge is -2.19. The Morgan fingerprint density at radius 3 is 2.76 bits per heavy atom. The second kappa shape index (κ2) is 8.72. The van der Waals surface area contributed by atoms with Crippen LogP contribution in [0.4, 0.5) is 0 Å². The van der Waals surface area contributed by atoms with Gasteiger partial charge < -0.3 is 14.6 Å².